The van der Waals surface area contributed by atoms with Crippen LogP contribution in [0, 0.1) is 0 Å². The van der Waals surface area contributed by atoms with Crippen LogP contribution in [0.15, 0.2) is 77.0 Å². The summed E-state index contributed by atoms with van der Waals surface area (Å²) < 4.78 is 2.88. The fourth-order valence-corrected chi connectivity index (χ4v) is 3.23. The number of aromatic nitrogens is 4. The number of hydrogen-bond donors (Lipinski definition) is 0. The van der Waals surface area contributed by atoms with Crippen molar-refractivity contribution in [3.05, 3.63) is 83.0 Å². The monoisotopic (exact) mass is 386 g/mol. The van der Waals surface area contributed by atoms with Gasteiger partial charge in [0.25, 0.3) is 5.56 Å². The lowest BCUT2D eigenvalue weighted by Crippen LogP contribution is -2.21. The van der Waals surface area contributed by atoms with Crippen LogP contribution in [0.1, 0.15) is 19.4 Å². The molecule has 146 valence electrons. The van der Waals surface area contributed by atoms with E-state index in [0.717, 1.165) is 24.3 Å². The Balaban J connectivity index is 1.62. The van der Waals surface area contributed by atoms with E-state index in [1.54, 1.807) is 10.9 Å². The lowest BCUT2D eigenvalue weighted by atomic mass is 10.2. The highest BCUT2D eigenvalue weighted by atomic mass is 16.1. The van der Waals surface area contributed by atoms with Crippen molar-refractivity contribution in [2.75, 3.05) is 18.0 Å². The quantitative estimate of drug-likeness (QED) is 0.477. The van der Waals surface area contributed by atoms with E-state index in [2.05, 4.69) is 46.1 Å². The van der Waals surface area contributed by atoms with E-state index in [1.165, 1.54) is 22.9 Å². The van der Waals surface area contributed by atoms with Gasteiger partial charge < -0.3 is 4.90 Å². The molecule has 2 heterocycles. The molecule has 0 spiro atoms. The molecule has 0 atom stereocenters. The molecule has 0 bridgehead atoms. The first kappa shape index (κ1) is 18.6. The summed E-state index contributed by atoms with van der Waals surface area (Å²) in [6.45, 7) is 6.19. The Kier molecular flexibility index (Phi) is 5.20. The minimum atomic E-state index is -0.256. The lowest BCUT2D eigenvalue weighted by Gasteiger charge is -2.20. The number of hydrogen-bond acceptors (Lipinski definition) is 5. The van der Waals surface area contributed by atoms with Gasteiger partial charge in [-0.25, -0.2) is 9.67 Å². The largest absolute Gasteiger partial charge is 0.372 e. The predicted octanol–water partition coefficient (Wildman–Crippen LogP) is 3.31. The third-order valence-corrected chi connectivity index (χ3v) is 4.83. The van der Waals surface area contributed by atoms with Crippen LogP contribution in [0.3, 0.4) is 0 Å². The molecule has 7 nitrogen and oxygen atoms in total. The maximum atomic E-state index is 12.8. The first-order valence-electron chi connectivity index (χ1n) is 9.61. The average Bonchev–Trinajstić information content (AvgIpc) is 3.21. The maximum Gasteiger partial charge on any atom is 0.285 e. The van der Waals surface area contributed by atoms with Crippen LogP contribution in [-0.2, 0) is 0 Å². The molecule has 0 radical (unpaired) electrons. The molecule has 0 amide bonds. The molecule has 0 fully saturated rings. The molecule has 2 aromatic carbocycles. The highest BCUT2D eigenvalue weighted by Crippen LogP contribution is 2.15. The fourth-order valence-electron chi connectivity index (χ4n) is 3.23. The van der Waals surface area contributed by atoms with Crippen LogP contribution in [0.5, 0.6) is 0 Å². The Bertz CT molecular complexity index is 1190. The lowest BCUT2D eigenvalue weighted by molar-refractivity contribution is 0.809. The van der Waals surface area contributed by atoms with Gasteiger partial charge in [0.15, 0.2) is 5.65 Å². The molecule has 7 heteroatoms. The minimum Gasteiger partial charge on any atom is -0.372 e. The second-order valence-corrected chi connectivity index (χ2v) is 6.53. The van der Waals surface area contributed by atoms with Crippen LogP contribution in [0.4, 0.5) is 5.69 Å². The summed E-state index contributed by atoms with van der Waals surface area (Å²) in [7, 11) is 0. The molecule has 0 unspecified atom stereocenters. The van der Waals surface area contributed by atoms with Crippen molar-refractivity contribution in [3.8, 4) is 5.69 Å². The predicted molar refractivity (Wildman–Crippen MR) is 116 cm³/mol. The second-order valence-electron chi connectivity index (χ2n) is 6.53. The van der Waals surface area contributed by atoms with Gasteiger partial charge in [-0.3, -0.25) is 4.79 Å². The Morgan fingerprint density at radius 1 is 1.03 bits per heavy atom. The molecule has 0 N–H and O–H groups in total. The normalized spacial score (nSPS) is 11.4. The van der Waals surface area contributed by atoms with E-state index in [4.69, 9.17) is 0 Å². The molecular weight excluding hydrogens is 364 g/mol. The average molecular weight is 386 g/mol. The first-order chi connectivity index (χ1) is 14.2. The summed E-state index contributed by atoms with van der Waals surface area (Å²) in [5, 5.41) is 9.02. The Morgan fingerprint density at radius 2 is 1.76 bits per heavy atom. The third-order valence-electron chi connectivity index (χ3n) is 4.83. The van der Waals surface area contributed by atoms with E-state index >= 15 is 0 Å². The van der Waals surface area contributed by atoms with Gasteiger partial charge in [-0.05, 0) is 43.7 Å². The smallest absolute Gasteiger partial charge is 0.285 e. The highest BCUT2D eigenvalue weighted by molar-refractivity contribution is 5.80. The second kappa shape index (κ2) is 8.10. The van der Waals surface area contributed by atoms with Gasteiger partial charge in [0, 0.05) is 18.8 Å². The van der Waals surface area contributed by atoms with Crippen LogP contribution in [0.25, 0.3) is 16.7 Å². The number of para-hydroxylation sites is 1. The molecule has 2 aromatic heterocycles. The summed E-state index contributed by atoms with van der Waals surface area (Å²) in [5.41, 5.74) is 3.18. The summed E-state index contributed by atoms with van der Waals surface area (Å²) >= 11 is 0. The number of anilines is 1. The third kappa shape index (κ3) is 3.67. The van der Waals surface area contributed by atoms with Gasteiger partial charge in [-0.2, -0.15) is 14.9 Å². The van der Waals surface area contributed by atoms with Crippen LogP contribution in [0.2, 0.25) is 0 Å². The standard InChI is InChI=1S/C22H22N6O/c1-3-26(4-2)18-12-10-17(11-13-18)14-24-27-16-23-21-20(22(27)29)15-25-28(21)19-8-6-5-7-9-19/h5-16H,3-4H2,1-2H3/b24-14+. The van der Waals surface area contributed by atoms with E-state index in [1.807, 2.05) is 42.5 Å². The minimum absolute atomic E-state index is 0.256. The Labute approximate surface area is 168 Å². The molecule has 0 saturated heterocycles. The summed E-state index contributed by atoms with van der Waals surface area (Å²) in [6, 6.07) is 17.7. The zero-order valence-corrected chi connectivity index (χ0v) is 16.4. The number of benzene rings is 2. The van der Waals surface area contributed by atoms with Gasteiger partial charge in [-0.15, -0.1) is 0 Å². The van der Waals surface area contributed by atoms with Crippen molar-refractivity contribution in [3.63, 3.8) is 0 Å². The first-order valence-corrected chi connectivity index (χ1v) is 9.61. The van der Waals surface area contributed by atoms with Crippen molar-refractivity contribution in [2.24, 2.45) is 5.10 Å². The molecule has 4 aromatic rings. The van der Waals surface area contributed by atoms with Crippen molar-refractivity contribution in [1.82, 2.24) is 19.4 Å². The molecule has 4 rings (SSSR count). The number of rotatable bonds is 6. The molecule has 0 aliphatic heterocycles. The van der Waals surface area contributed by atoms with Crippen LogP contribution < -0.4 is 10.5 Å². The van der Waals surface area contributed by atoms with Crippen molar-refractivity contribution < 1.29 is 0 Å². The summed E-state index contributed by atoms with van der Waals surface area (Å²) in [4.78, 5) is 19.4. The molecule has 0 saturated carbocycles. The van der Waals surface area contributed by atoms with Crippen LogP contribution in [-0.4, -0.2) is 38.7 Å². The maximum absolute atomic E-state index is 12.8. The van der Waals surface area contributed by atoms with Gasteiger partial charge >= 0.3 is 0 Å². The van der Waals surface area contributed by atoms with Crippen molar-refractivity contribution >= 4 is 22.9 Å². The fraction of sp³-hybridized carbons (Fsp3) is 0.182. The van der Waals surface area contributed by atoms with Crippen molar-refractivity contribution in [1.29, 1.82) is 0 Å². The van der Waals surface area contributed by atoms with Gasteiger partial charge in [0.2, 0.25) is 0 Å². The van der Waals surface area contributed by atoms with Gasteiger partial charge in [0.05, 0.1) is 18.1 Å². The van der Waals surface area contributed by atoms with E-state index in [0.29, 0.717) is 11.0 Å². The van der Waals surface area contributed by atoms with E-state index in [9.17, 15) is 4.79 Å². The molecule has 29 heavy (non-hydrogen) atoms. The molecule has 0 aliphatic carbocycles. The number of nitrogens with zero attached hydrogens (tertiary/aromatic N) is 6. The molecule has 0 aliphatic rings. The van der Waals surface area contributed by atoms with E-state index < -0.39 is 0 Å². The Morgan fingerprint density at radius 3 is 2.45 bits per heavy atom. The summed E-state index contributed by atoms with van der Waals surface area (Å²) in [6.07, 6.45) is 4.61. The Hall–Kier alpha value is -3.74. The molecular formula is C22H22N6O. The van der Waals surface area contributed by atoms with Crippen LogP contribution >= 0.6 is 0 Å². The van der Waals surface area contributed by atoms with Gasteiger partial charge in [-0.1, -0.05) is 30.3 Å². The highest BCUT2D eigenvalue weighted by Gasteiger charge is 2.10. The zero-order chi connectivity index (χ0) is 20.2. The zero-order valence-electron chi connectivity index (χ0n) is 16.4. The summed E-state index contributed by atoms with van der Waals surface area (Å²) in [5.74, 6) is 0. The van der Waals surface area contributed by atoms with Crippen molar-refractivity contribution in [2.45, 2.75) is 13.8 Å². The topological polar surface area (TPSA) is 68.3 Å². The SMILES string of the molecule is CCN(CC)c1ccc(/C=N/n2cnc3c(cnn3-c3ccccc3)c2=O)cc1. The number of fused-ring (bicyclic) bond motifs is 1. The van der Waals surface area contributed by atoms with Gasteiger partial charge in [0.1, 0.15) is 11.7 Å². The van der Waals surface area contributed by atoms with E-state index in [-0.39, 0.29) is 5.56 Å².